The molecule has 0 unspecified atom stereocenters. The van der Waals surface area contributed by atoms with Crippen LogP contribution in [-0.4, -0.2) is 38.1 Å². The molecule has 0 radical (unpaired) electrons. The molecule has 1 rings (SSSR count). The molecular formula is C13H18BrNO2. The van der Waals surface area contributed by atoms with Crippen LogP contribution in [0.3, 0.4) is 0 Å². The molecule has 0 spiro atoms. The highest BCUT2D eigenvalue weighted by molar-refractivity contribution is 9.10. The second-order valence-electron chi connectivity index (χ2n) is 4.04. The summed E-state index contributed by atoms with van der Waals surface area (Å²) >= 11 is 3.43. The number of rotatable bonds is 5. The van der Waals surface area contributed by atoms with Crippen LogP contribution < -0.4 is 0 Å². The molecule has 1 aromatic rings. The van der Waals surface area contributed by atoms with Gasteiger partial charge in [0.2, 0.25) is 0 Å². The van der Waals surface area contributed by atoms with E-state index in [0.717, 1.165) is 22.0 Å². The van der Waals surface area contributed by atoms with Crippen molar-refractivity contribution < 1.29 is 9.53 Å². The van der Waals surface area contributed by atoms with Crippen molar-refractivity contribution in [3.63, 3.8) is 0 Å². The van der Waals surface area contributed by atoms with E-state index in [1.807, 2.05) is 32.2 Å². The topological polar surface area (TPSA) is 29.5 Å². The molecule has 0 aromatic heterocycles. The number of halogens is 1. The van der Waals surface area contributed by atoms with Crippen molar-refractivity contribution in [2.75, 3.05) is 27.3 Å². The van der Waals surface area contributed by atoms with Gasteiger partial charge >= 0.3 is 0 Å². The average Bonchev–Trinajstić information content (AvgIpc) is 2.32. The molecule has 0 fully saturated rings. The van der Waals surface area contributed by atoms with Crippen molar-refractivity contribution in [3.05, 3.63) is 33.8 Å². The van der Waals surface area contributed by atoms with E-state index in [1.54, 1.807) is 12.0 Å². The van der Waals surface area contributed by atoms with Crippen molar-refractivity contribution in [1.29, 1.82) is 0 Å². The number of benzene rings is 1. The van der Waals surface area contributed by atoms with Crippen LogP contribution >= 0.6 is 15.9 Å². The number of carbonyl (C=O) groups is 1. The molecule has 3 nitrogen and oxygen atoms in total. The smallest absolute Gasteiger partial charge is 0.253 e. The number of methoxy groups -OCH3 is 1. The maximum absolute atomic E-state index is 12.1. The Hall–Kier alpha value is -0.870. The predicted molar refractivity (Wildman–Crippen MR) is 72.3 cm³/mol. The van der Waals surface area contributed by atoms with Crippen molar-refractivity contribution in [1.82, 2.24) is 4.90 Å². The van der Waals surface area contributed by atoms with Crippen molar-refractivity contribution in [2.45, 2.75) is 13.3 Å². The monoisotopic (exact) mass is 299 g/mol. The van der Waals surface area contributed by atoms with E-state index in [4.69, 9.17) is 4.74 Å². The van der Waals surface area contributed by atoms with Gasteiger partial charge in [0, 0.05) is 37.3 Å². The zero-order valence-electron chi connectivity index (χ0n) is 10.5. The summed E-state index contributed by atoms with van der Waals surface area (Å²) in [5, 5.41) is 0. The Bertz CT molecular complexity index is 393. The van der Waals surface area contributed by atoms with E-state index in [1.165, 1.54) is 0 Å². The summed E-state index contributed by atoms with van der Waals surface area (Å²) in [5.74, 6) is 0.0525. The van der Waals surface area contributed by atoms with Crippen LogP contribution in [0.4, 0.5) is 0 Å². The molecule has 0 saturated heterocycles. The number of nitrogens with zero attached hydrogens (tertiary/aromatic N) is 1. The third kappa shape index (κ3) is 4.13. The number of hydrogen-bond donors (Lipinski definition) is 0. The standard InChI is InChI=1S/C13H18BrNO2/c1-10-9-11(5-6-12(10)14)13(16)15(2)7-4-8-17-3/h5-6,9H,4,7-8H2,1-3H3. The zero-order valence-corrected chi connectivity index (χ0v) is 12.1. The summed E-state index contributed by atoms with van der Waals surface area (Å²) < 4.78 is 5.99. The summed E-state index contributed by atoms with van der Waals surface area (Å²) in [5.41, 5.74) is 1.80. The van der Waals surface area contributed by atoms with Gasteiger partial charge in [-0.3, -0.25) is 4.79 Å². The van der Waals surface area contributed by atoms with Crippen LogP contribution in [0.25, 0.3) is 0 Å². The Kier molecular flexibility index (Phi) is 5.65. The first kappa shape index (κ1) is 14.2. The third-order valence-corrected chi connectivity index (χ3v) is 3.48. The maximum atomic E-state index is 12.1. The van der Waals surface area contributed by atoms with E-state index >= 15 is 0 Å². The highest BCUT2D eigenvalue weighted by atomic mass is 79.9. The van der Waals surface area contributed by atoms with Crippen LogP contribution in [0.5, 0.6) is 0 Å². The largest absolute Gasteiger partial charge is 0.385 e. The highest BCUT2D eigenvalue weighted by Gasteiger charge is 2.11. The fourth-order valence-corrected chi connectivity index (χ4v) is 1.79. The van der Waals surface area contributed by atoms with Crippen LogP contribution in [0, 0.1) is 6.92 Å². The summed E-state index contributed by atoms with van der Waals surface area (Å²) in [6.45, 7) is 3.37. The lowest BCUT2D eigenvalue weighted by Gasteiger charge is -2.17. The molecule has 0 bridgehead atoms. The normalized spacial score (nSPS) is 10.4. The van der Waals surface area contributed by atoms with Crippen molar-refractivity contribution in [3.8, 4) is 0 Å². The van der Waals surface area contributed by atoms with Gasteiger partial charge in [0.05, 0.1) is 0 Å². The van der Waals surface area contributed by atoms with Gasteiger partial charge in [0.1, 0.15) is 0 Å². The Morgan fingerprint density at radius 2 is 2.18 bits per heavy atom. The minimum Gasteiger partial charge on any atom is -0.385 e. The molecule has 0 aliphatic carbocycles. The van der Waals surface area contributed by atoms with Crippen LogP contribution in [-0.2, 0) is 4.74 Å². The second-order valence-corrected chi connectivity index (χ2v) is 4.89. The number of ether oxygens (including phenoxy) is 1. The van der Waals surface area contributed by atoms with Gasteiger partial charge in [-0.15, -0.1) is 0 Å². The van der Waals surface area contributed by atoms with E-state index in [9.17, 15) is 4.79 Å². The SMILES string of the molecule is COCCCN(C)C(=O)c1ccc(Br)c(C)c1. The van der Waals surface area contributed by atoms with Gasteiger partial charge in [0.15, 0.2) is 0 Å². The fourth-order valence-electron chi connectivity index (χ4n) is 1.55. The Balaban J connectivity index is 2.65. The number of hydrogen-bond acceptors (Lipinski definition) is 2. The minimum atomic E-state index is 0.0525. The van der Waals surface area contributed by atoms with Crippen molar-refractivity contribution >= 4 is 21.8 Å². The molecule has 0 saturated carbocycles. The van der Waals surface area contributed by atoms with Crippen LogP contribution in [0.2, 0.25) is 0 Å². The van der Waals surface area contributed by atoms with E-state index in [2.05, 4.69) is 15.9 Å². The molecule has 0 aliphatic heterocycles. The molecule has 1 amide bonds. The summed E-state index contributed by atoms with van der Waals surface area (Å²) in [7, 11) is 3.48. The van der Waals surface area contributed by atoms with Gasteiger partial charge in [-0.2, -0.15) is 0 Å². The lowest BCUT2D eigenvalue weighted by Crippen LogP contribution is -2.28. The van der Waals surface area contributed by atoms with Gasteiger partial charge in [-0.25, -0.2) is 0 Å². The average molecular weight is 300 g/mol. The number of aryl methyl sites for hydroxylation is 1. The van der Waals surface area contributed by atoms with E-state index < -0.39 is 0 Å². The first-order valence-corrected chi connectivity index (χ1v) is 6.36. The zero-order chi connectivity index (χ0) is 12.8. The Labute approximate surface area is 111 Å². The van der Waals surface area contributed by atoms with Gasteiger partial charge in [-0.1, -0.05) is 15.9 Å². The van der Waals surface area contributed by atoms with Crippen LogP contribution in [0.1, 0.15) is 22.3 Å². The third-order valence-electron chi connectivity index (χ3n) is 2.59. The molecule has 4 heteroatoms. The lowest BCUT2D eigenvalue weighted by atomic mass is 10.1. The molecule has 0 N–H and O–H groups in total. The minimum absolute atomic E-state index is 0.0525. The van der Waals surface area contributed by atoms with E-state index in [0.29, 0.717) is 13.2 Å². The summed E-state index contributed by atoms with van der Waals surface area (Å²) in [4.78, 5) is 13.8. The Morgan fingerprint density at radius 1 is 1.47 bits per heavy atom. The summed E-state index contributed by atoms with van der Waals surface area (Å²) in [6, 6.07) is 5.65. The Morgan fingerprint density at radius 3 is 2.76 bits per heavy atom. The molecular weight excluding hydrogens is 282 g/mol. The maximum Gasteiger partial charge on any atom is 0.253 e. The van der Waals surface area contributed by atoms with Gasteiger partial charge in [0.25, 0.3) is 5.91 Å². The molecule has 17 heavy (non-hydrogen) atoms. The van der Waals surface area contributed by atoms with Gasteiger partial charge < -0.3 is 9.64 Å². The molecule has 0 aliphatic rings. The first-order chi connectivity index (χ1) is 8.06. The van der Waals surface area contributed by atoms with Crippen molar-refractivity contribution in [2.24, 2.45) is 0 Å². The molecule has 94 valence electrons. The molecule has 0 atom stereocenters. The summed E-state index contributed by atoms with van der Waals surface area (Å²) in [6.07, 6.45) is 0.855. The first-order valence-electron chi connectivity index (χ1n) is 5.57. The second kappa shape index (κ2) is 6.77. The van der Waals surface area contributed by atoms with Crippen LogP contribution in [0.15, 0.2) is 22.7 Å². The predicted octanol–water partition coefficient (Wildman–Crippen LogP) is 2.87. The van der Waals surface area contributed by atoms with Gasteiger partial charge in [-0.05, 0) is 37.1 Å². The lowest BCUT2D eigenvalue weighted by molar-refractivity contribution is 0.0779. The fraction of sp³-hybridized carbons (Fsp3) is 0.462. The molecule has 1 aromatic carbocycles. The quantitative estimate of drug-likeness (QED) is 0.783. The number of carbonyl (C=O) groups excluding carboxylic acids is 1. The molecule has 0 heterocycles. The highest BCUT2D eigenvalue weighted by Crippen LogP contribution is 2.17. The van der Waals surface area contributed by atoms with E-state index in [-0.39, 0.29) is 5.91 Å². The number of amides is 1.